The molecule has 1 aromatic carbocycles. The number of benzene rings is 1. The molecule has 0 saturated heterocycles. The number of aromatic nitrogens is 4. The predicted molar refractivity (Wildman–Crippen MR) is 109 cm³/mol. The molecule has 0 aliphatic heterocycles. The summed E-state index contributed by atoms with van der Waals surface area (Å²) in [5.41, 5.74) is 3.69. The second kappa shape index (κ2) is 6.81. The summed E-state index contributed by atoms with van der Waals surface area (Å²) in [5.74, 6) is 0.426. The molecule has 27 heavy (non-hydrogen) atoms. The fraction of sp³-hybridized carbons (Fsp3) is 0.350. The number of hydrogen-bond donors (Lipinski definition) is 0. The summed E-state index contributed by atoms with van der Waals surface area (Å²) >= 11 is 1.37. The van der Waals surface area contributed by atoms with E-state index in [0.717, 1.165) is 29.5 Å². The molecule has 4 aromatic rings. The highest BCUT2D eigenvalue weighted by atomic mass is 32.1. The van der Waals surface area contributed by atoms with Gasteiger partial charge in [0.15, 0.2) is 0 Å². The van der Waals surface area contributed by atoms with Crippen molar-refractivity contribution in [2.75, 3.05) is 0 Å². The standard InChI is InChI=1S/C20H22N4O2S/c1-4-5-9-22-18(25)17-16(8-10-27-17)24-19(22)21-23(20(24)26)12-15-11-13(2)6-7-14(15)3/h6-8,10-11H,4-5,9,12H2,1-3H3. The molecule has 0 bridgehead atoms. The number of unbranched alkanes of at least 4 members (excludes halogenated alkanes) is 1. The van der Waals surface area contributed by atoms with Crippen molar-refractivity contribution < 1.29 is 0 Å². The lowest BCUT2D eigenvalue weighted by molar-refractivity contribution is 0.613. The Kier molecular flexibility index (Phi) is 4.47. The molecule has 0 saturated carbocycles. The Hall–Kier alpha value is -2.67. The topological polar surface area (TPSA) is 61.3 Å². The average Bonchev–Trinajstić information content (AvgIpc) is 3.24. The normalized spacial score (nSPS) is 11.7. The molecule has 3 heterocycles. The summed E-state index contributed by atoms with van der Waals surface area (Å²) in [6.07, 6.45) is 1.83. The minimum absolute atomic E-state index is 0.0650. The summed E-state index contributed by atoms with van der Waals surface area (Å²) < 4.78 is 5.29. The lowest BCUT2D eigenvalue weighted by atomic mass is 10.1. The molecule has 0 amide bonds. The van der Waals surface area contributed by atoms with E-state index >= 15 is 0 Å². The highest BCUT2D eigenvalue weighted by Crippen LogP contribution is 2.18. The second-order valence-electron chi connectivity index (χ2n) is 6.95. The molecule has 3 aromatic heterocycles. The van der Waals surface area contributed by atoms with Crippen LogP contribution >= 0.6 is 11.3 Å². The molecule has 7 heteroatoms. The van der Waals surface area contributed by atoms with Gasteiger partial charge in [0.1, 0.15) is 4.70 Å². The number of thiophene rings is 1. The van der Waals surface area contributed by atoms with Crippen molar-refractivity contribution in [2.24, 2.45) is 0 Å². The summed E-state index contributed by atoms with van der Waals surface area (Å²) in [6.45, 7) is 7.10. The Bertz CT molecular complexity index is 1260. The van der Waals surface area contributed by atoms with Crippen LogP contribution in [0.25, 0.3) is 16.0 Å². The van der Waals surface area contributed by atoms with Gasteiger partial charge in [0.05, 0.1) is 12.1 Å². The van der Waals surface area contributed by atoms with Crippen molar-refractivity contribution in [3.63, 3.8) is 0 Å². The number of nitrogens with zero attached hydrogens (tertiary/aromatic N) is 4. The molecule has 0 fully saturated rings. The van der Waals surface area contributed by atoms with Gasteiger partial charge in [0.2, 0.25) is 5.78 Å². The SMILES string of the molecule is CCCCn1c(=O)c2sccc2n2c(=O)n(Cc3cc(C)ccc3C)nc12. The monoisotopic (exact) mass is 382 g/mol. The van der Waals surface area contributed by atoms with Crippen LogP contribution in [0.15, 0.2) is 39.2 Å². The highest BCUT2D eigenvalue weighted by Gasteiger charge is 2.18. The van der Waals surface area contributed by atoms with E-state index in [2.05, 4.69) is 30.2 Å². The van der Waals surface area contributed by atoms with Gasteiger partial charge in [-0.3, -0.25) is 9.36 Å². The summed E-state index contributed by atoms with van der Waals surface area (Å²) in [6, 6.07) is 8.02. The van der Waals surface area contributed by atoms with Crippen LogP contribution in [0.1, 0.15) is 36.5 Å². The summed E-state index contributed by atoms with van der Waals surface area (Å²) in [7, 11) is 0. The molecule has 0 aliphatic rings. The molecule has 0 radical (unpaired) electrons. The average molecular weight is 382 g/mol. The highest BCUT2D eigenvalue weighted by molar-refractivity contribution is 7.17. The molecule has 0 unspecified atom stereocenters. The van der Waals surface area contributed by atoms with Crippen LogP contribution in [-0.4, -0.2) is 18.7 Å². The van der Waals surface area contributed by atoms with Gasteiger partial charge in [-0.1, -0.05) is 37.1 Å². The van der Waals surface area contributed by atoms with Gasteiger partial charge in [-0.2, -0.15) is 0 Å². The fourth-order valence-corrected chi connectivity index (χ4v) is 4.21. The van der Waals surface area contributed by atoms with E-state index in [4.69, 9.17) is 0 Å². The smallest absolute Gasteiger partial charge is 0.276 e. The van der Waals surface area contributed by atoms with Gasteiger partial charge in [-0.05, 0) is 42.8 Å². The zero-order valence-electron chi connectivity index (χ0n) is 15.7. The molecular formula is C20H22N4O2S. The van der Waals surface area contributed by atoms with Crippen molar-refractivity contribution in [1.82, 2.24) is 18.7 Å². The van der Waals surface area contributed by atoms with E-state index in [1.807, 2.05) is 25.3 Å². The lowest BCUT2D eigenvalue weighted by Crippen LogP contribution is -2.26. The van der Waals surface area contributed by atoms with Gasteiger partial charge in [-0.15, -0.1) is 16.4 Å². The number of aryl methyl sites for hydroxylation is 3. The Balaban J connectivity index is 1.96. The van der Waals surface area contributed by atoms with Crippen molar-refractivity contribution >= 4 is 27.3 Å². The van der Waals surface area contributed by atoms with Crippen LogP contribution in [0.3, 0.4) is 0 Å². The Morgan fingerprint density at radius 2 is 1.96 bits per heavy atom. The molecule has 0 N–H and O–H groups in total. The first-order valence-electron chi connectivity index (χ1n) is 9.17. The van der Waals surface area contributed by atoms with E-state index in [9.17, 15) is 9.59 Å². The van der Waals surface area contributed by atoms with E-state index < -0.39 is 0 Å². The van der Waals surface area contributed by atoms with Crippen molar-refractivity contribution in [3.8, 4) is 0 Å². The first kappa shape index (κ1) is 17.7. The van der Waals surface area contributed by atoms with Crippen LogP contribution in [0.2, 0.25) is 0 Å². The number of fused-ring (bicyclic) bond motifs is 3. The third-order valence-electron chi connectivity index (χ3n) is 4.95. The Labute approximate surface area is 160 Å². The molecule has 140 valence electrons. The molecule has 0 aliphatic carbocycles. The van der Waals surface area contributed by atoms with Gasteiger partial charge < -0.3 is 0 Å². The predicted octanol–water partition coefficient (Wildman–Crippen LogP) is 3.34. The molecule has 0 spiro atoms. The van der Waals surface area contributed by atoms with Crippen molar-refractivity contribution in [1.29, 1.82) is 0 Å². The maximum absolute atomic E-state index is 13.1. The molecule has 0 atom stereocenters. The van der Waals surface area contributed by atoms with Crippen LogP contribution in [-0.2, 0) is 13.1 Å². The third kappa shape index (κ3) is 2.92. The first-order valence-corrected chi connectivity index (χ1v) is 10.0. The van der Waals surface area contributed by atoms with Gasteiger partial charge in [0, 0.05) is 6.54 Å². The van der Waals surface area contributed by atoms with Crippen LogP contribution in [0, 0.1) is 13.8 Å². The molecule has 4 rings (SSSR count). The summed E-state index contributed by atoms with van der Waals surface area (Å²) in [4.78, 5) is 26.0. The second-order valence-corrected chi connectivity index (χ2v) is 7.87. The van der Waals surface area contributed by atoms with E-state index in [1.165, 1.54) is 16.0 Å². The van der Waals surface area contributed by atoms with Crippen molar-refractivity contribution in [3.05, 3.63) is 67.2 Å². The zero-order chi connectivity index (χ0) is 19.1. The third-order valence-corrected chi connectivity index (χ3v) is 5.84. The lowest BCUT2D eigenvalue weighted by Gasteiger charge is -2.06. The minimum atomic E-state index is -0.209. The van der Waals surface area contributed by atoms with Crippen LogP contribution in [0.5, 0.6) is 0 Å². The quantitative estimate of drug-likeness (QED) is 0.532. The van der Waals surface area contributed by atoms with Gasteiger partial charge >= 0.3 is 5.69 Å². The largest absolute Gasteiger partial charge is 0.352 e. The van der Waals surface area contributed by atoms with Crippen LogP contribution < -0.4 is 11.2 Å². The maximum Gasteiger partial charge on any atom is 0.352 e. The molecular weight excluding hydrogens is 360 g/mol. The Morgan fingerprint density at radius 3 is 2.74 bits per heavy atom. The zero-order valence-corrected chi connectivity index (χ0v) is 16.5. The van der Waals surface area contributed by atoms with Gasteiger partial charge in [-0.25, -0.2) is 13.9 Å². The van der Waals surface area contributed by atoms with Crippen molar-refractivity contribution in [2.45, 2.75) is 46.7 Å². The van der Waals surface area contributed by atoms with Crippen LogP contribution in [0.4, 0.5) is 0 Å². The number of rotatable bonds is 5. The maximum atomic E-state index is 13.1. The van der Waals surface area contributed by atoms with Gasteiger partial charge in [0.25, 0.3) is 5.56 Å². The van der Waals surface area contributed by atoms with E-state index in [1.54, 1.807) is 8.97 Å². The number of hydrogen-bond acceptors (Lipinski definition) is 4. The minimum Gasteiger partial charge on any atom is -0.276 e. The Morgan fingerprint density at radius 1 is 1.15 bits per heavy atom. The molecule has 6 nitrogen and oxygen atoms in total. The van der Waals surface area contributed by atoms with E-state index in [-0.39, 0.29) is 11.2 Å². The fourth-order valence-electron chi connectivity index (χ4n) is 3.39. The van der Waals surface area contributed by atoms with E-state index in [0.29, 0.717) is 29.1 Å². The first-order chi connectivity index (χ1) is 13.0. The summed E-state index contributed by atoms with van der Waals surface area (Å²) in [5, 5.41) is 6.41.